The van der Waals surface area contributed by atoms with Gasteiger partial charge in [-0.1, -0.05) is 0 Å². The minimum Gasteiger partial charge on any atom is -0.268 e. The van der Waals surface area contributed by atoms with E-state index in [-0.39, 0.29) is 11.0 Å². The van der Waals surface area contributed by atoms with E-state index in [9.17, 15) is 18.0 Å². The molecule has 0 unspecified atom stereocenters. The van der Waals surface area contributed by atoms with Gasteiger partial charge in [0.2, 0.25) is 5.28 Å². The van der Waals surface area contributed by atoms with Crippen LogP contribution in [-0.2, 0) is 6.18 Å². The predicted octanol–water partition coefficient (Wildman–Crippen LogP) is 4.66. The first kappa shape index (κ1) is 16.3. The zero-order valence-corrected chi connectivity index (χ0v) is 14.1. The lowest BCUT2D eigenvalue weighted by Gasteiger charge is -2.11. The highest BCUT2D eigenvalue weighted by atomic mass is 127. The SMILES string of the molecule is O=c1c2cc(I)ccc2nc(Cl)n1-c1ccc(C(F)(F)F)cc1. The topological polar surface area (TPSA) is 34.9 Å². The van der Waals surface area contributed by atoms with Gasteiger partial charge in [-0.15, -0.1) is 0 Å². The first-order valence-corrected chi connectivity index (χ1v) is 7.78. The quantitative estimate of drug-likeness (QED) is 0.399. The molecule has 8 heteroatoms. The van der Waals surface area contributed by atoms with Crippen LogP contribution in [0.4, 0.5) is 13.2 Å². The molecule has 0 aliphatic carbocycles. The summed E-state index contributed by atoms with van der Waals surface area (Å²) in [5, 5.41) is 0.240. The van der Waals surface area contributed by atoms with E-state index in [4.69, 9.17) is 11.6 Å². The van der Waals surface area contributed by atoms with E-state index in [0.717, 1.165) is 20.3 Å². The summed E-state index contributed by atoms with van der Waals surface area (Å²) in [6, 6.07) is 9.29. The molecule has 0 atom stereocenters. The Labute approximate surface area is 146 Å². The summed E-state index contributed by atoms with van der Waals surface area (Å²) in [6.07, 6.45) is -4.44. The largest absolute Gasteiger partial charge is 0.416 e. The minimum absolute atomic E-state index is 0.108. The van der Waals surface area contributed by atoms with Crippen LogP contribution < -0.4 is 5.56 Å². The lowest BCUT2D eigenvalue weighted by atomic mass is 10.2. The molecule has 1 heterocycles. The van der Waals surface area contributed by atoms with Crippen LogP contribution in [0.5, 0.6) is 0 Å². The molecule has 0 spiro atoms. The summed E-state index contributed by atoms with van der Waals surface area (Å²) in [5.41, 5.74) is -0.572. The number of rotatable bonds is 1. The Balaban J connectivity index is 2.22. The van der Waals surface area contributed by atoms with E-state index < -0.39 is 17.3 Å². The van der Waals surface area contributed by atoms with E-state index in [1.54, 1.807) is 18.2 Å². The van der Waals surface area contributed by atoms with E-state index in [1.807, 2.05) is 0 Å². The highest BCUT2D eigenvalue weighted by molar-refractivity contribution is 14.1. The number of hydrogen-bond donors (Lipinski definition) is 0. The molecule has 3 nitrogen and oxygen atoms in total. The molecule has 0 aliphatic rings. The smallest absolute Gasteiger partial charge is 0.268 e. The first-order chi connectivity index (χ1) is 10.8. The third-order valence-electron chi connectivity index (χ3n) is 3.24. The van der Waals surface area contributed by atoms with Gasteiger partial charge in [-0.25, -0.2) is 4.98 Å². The third kappa shape index (κ3) is 3.07. The average molecular weight is 451 g/mol. The van der Waals surface area contributed by atoms with E-state index in [2.05, 4.69) is 27.6 Å². The molecule has 0 aliphatic heterocycles. The molecule has 23 heavy (non-hydrogen) atoms. The number of fused-ring (bicyclic) bond motifs is 1. The lowest BCUT2D eigenvalue weighted by molar-refractivity contribution is -0.137. The van der Waals surface area contributed by atoms with Crippen molar-refractivity contribution in [2.75, 3.05) is 0 Å². The van der Waals surface area contributed by atoms with Crippen molar-refractivity contribution in [2.45, 2.75) is 6.18 Å². The highest BCUT2D eigenvalue weighted by Gasteiger charge is 2.30. The standard InChI is InChI=1S/C15H7ClF3IN2O/c16-14-21-12-6-3-9(20)7-11(12)13(23)22(14)10-4-1-8(2-5-10)15(17,18)19/h1-7H. The van der Waals surface area contributed by atoms with Gasteiger partial charge in [0.15, 0.2) is 0 Å². The van der Waals surface area contributed by atoms with Crippen LogP contribution in [0, 0.1) is 3.57 Å². The van der Waals surface area contributed by atoms with E-state index in [1.165, 1.54) is 12.1 Å². The maximum Gasteiger partial charge on any atom is 0.416 e. The lowest BCUT2D eigenvalue weighted by Crippen LogP contribution is -2.20. The Morgan fingerprint density at radius 2 is 1.74 bits per heavy atom. The van der Waals surface area contributed by atoms with Crippen LogP contribution in [0.25, 0.3) is 16.6 Å². The van der Waals surface area contributed by atoms with Crippen molar-refractivity contribution in [1.82, 2.24) is 9.55 Å². The molecule has 0 saturated carbocycles. The monoisotopic (exact) mass is 450 g/mol. The summed E-state index contributed by atoms with van der Waals surface area (Å²) in [5.74, 6) is 0. The molecular weight excluding hydrogens is 444 g/mol. The second-order valence-corrected chi connectivity index (χ2v) is 6.31. The molecule has 0 saturated heterocycles. The number of alkyl halides is 3. The molecular formula is C15H7ClF3IN2O. The average Bonchev–Trinajstić information content (AvgIpc) is 2.48. The fraction of sp³-hybridized carbons (Fsp3) is 0.0667. The second-order valence-electron chi connectivity index (χ2n) is 4.73. The van der Waals surface area contributed by atoms with Gasteiger partial charge in [0.1, 0.15) is 0 Å². The highest BCUT2D eigenvalue weighted by Crippen LogP contribution is 2.29. The Kier molecular flexibility index (Phi) is 4.09. The van der Waals surface area contributed by atoms with Crippen molar-refractivity contribution in [3.63, 3.8) is 0 Å². The van der Waals surface area contributed by atoms with Crippen molar-refractivity contribution in [3.8, 4) is 5.69 Å². The van der Waals surface area contributed by atoms with Crippen LogP contribution in [0.3, 0.4) is 0 Å². The number of benzene rings is 2. The van der Waals surface area contributed by atoms with Crippen LogP contribution in [0.15, 0.2) is 47.3 Å². The summed E-state index contributed by atoms with van der Waals surface area (Å²) in [6.45, 7) is 0. The Bertz CT molecular complexity index is 952. The normalized spacial score (nSPS) is 11.9. The van der Waals surface area contributed by atoms with E-state index >= 15 is 0 Å². The van der Waals surface area contributed by atoms with Crippen molar-refractivity contribution in [3.05, 3.63) is 67.2 Å². The van der Waals surface area contributed by atoms with Crippen LogP contribution in [0.1, 0.15) is 5.56 Å². The summed E-state index contributed by atoms with van der Waals surface area (Å²) in [7, 11) is 0. The maximum absolute atomic E-state index is 12.6. The van der Waals surface area contributed by atoms with Gasteiger partial charge in [0.25, 0.3) is 5.56 Å². The van der Waals surface area contributed by atoms with Gasteiger partial charge in [0, 0.05) is 3.57 Å². The second kappa shape index (κ2) is 5.79. The molecule has 118 valence electrons. The number of nitrogens with zero attached hydrogens (tertiary/aromatic N) is 2. The Morgan fingerprint density at radius 3 is 2.35 bits per heavy atom. The number of aromatic nitrogens is 2. The zero-order valence-electron chi connectivity index (χ0n) is 11.2. The molecule has 0 radical (unpaired) electrons. The Hall–Kier alpha value is -1.61. The van der Waals surface area contributed by atoms with Crippen molar-refractivity contribution < 1.29 is 13.2 Å². The first-order valence-electron chi connectivity index (χ1n) is 6.33. The van der Waals surface area contributed by atoms with Gasteiger partial charge in [0.05, 0.1) is 22.2 Å². The zero-order chi connectivity index (χ0) is 16.8. The molecule has 2 aromatic carbocycles. The fourth-order valence-corrected chi connectivity index (χ4v) is 2.91. The molecule has 3 rings (SSSR count). The van der Waals surface area contributed by atoms with Crippen molar-refractivity contribution in [2.24, 2.45) is 0 Å². The van der Waals surface area contributed by atoms with E-state index in [0.29, 0.717) is 10.9 Å². The van der Waals surface area contributed by atoms with Crippen LogP contribution in [-0.4, -0.2) is 9.55 Å². The molecule has 3 aromatic rings. The molecule has 0 bridgehead atoms. The van der Waals surface area contributed by atoms with Crippen LogP contribution >= 0.6 is 34.2 Å². The van der Waals surface area contributed by atoms with Gasteiger partial charge in [-0.2, -0.15) is 13.2 Å². The Morgan fingerprint density at radius 1 is 1.09 bits per heavy atom. The van der Waals surface area contributed by atoms with Crippen molar-refractivity contribution in [1.29, 1.82) is 0 Å². The minimum atomic E-state index is -4.44. The van der Waals surface area contributed by atoms with Gasteiger partial charge < -0.3 is 0 Å². The number of hydrogen-bond acceptors (Lipinski definition) is 2. The van der Waals surface area contributed by atoms with Gasteiger partial charge in [-0.3, -0.25) is 9.36 Å². The number of halogens is 5. The van der Waals surface area contributed by atoms with Crippen LogP contribution in [0.2, 0.25) is 5.28 Å². The van der Waals surface area contributed by atoms with Gasteiger partial charge >= 0.3 is 6.18 Å². The molecule has 0 fully saturated rings. The molecule has 0 amide bonds. The third-order valence-corrected chi connectivity index (χ3v) is 4.17. The van der Waals surface area contributed by atoms with Crippen molar-refractivity contribution >= 4 is 45.1 Å². The molecule has 1 aromatic heterocycles. The maximum atomic E-state index is 12.6. The summed E-state index contributed by atoms with van der Waals surface area (Å²) < 4.78 is 39.8. The summed E-state index contributed by atoms with van der Waals surface area (Å²) in [4.78, 5) is 16.7. The molecule has 0 N–H and O–H groups in total. The van der Waals surface area contributed by atoms with Gasteiger partial charge in [-0.05, 0) is 76.7 Å². The predicted molar refractivity (Wildman–Crippen MR) is 90.1 cm³/mol. The summed E-state index contributed by atoms with van der Waals surface area (Å²) >= 11 is 8.10. The fourth-order valence-electron chi connectivity index (χ4n) is 2.15.